The van der Waals surface area contributed by atoms with Gasteiger partial charge in [-0.2, -0.15) is 0 Å². The Bertz CT molecular complexity index is 373. The number of benzene rings is 1. The van der Waals surface area contributed by atoms with Gasteiger partial charge in [0.2, 0.25) is 0 Å². The van der Waals surface area contributed by atoms with E-state index in [0.717, 1.165) is 37.1 Å². The van der Waals surface area contributed by atoms with Gasteiger partial charge >= 0.3 is 0 Å². The molecule has 106 valence electrons. The van der Waals surface area contributed by atoms with Gasteiger partial charge in [-0.25, -0.2) is 0 Å². The lowest BCUT2D eigenvalue weighted by Gasteiger charge is -2.34. The van der Waals surface area contributed by atoms with E-state index in [-0.39, 0.29) is 0 Å². The molecule has 1 fully saturated rings. The molecular formula is C15H24BrN3. The van der Waals surface area contributed by atoms with E-state index in [1.165, 1.54) is 5.56 Å². The van der Waals surface area contributed by atoms with Crippen LogP contribution in [-0.2, 0) is 0 Å². The lowest BCUT2D eigenvalue weighted by molar-refractivity contribution is 0.167. The van der Waals surface area contributed by atoms with Crippen LogP contribution >= 0.6 is 15.9 Å². The normalized spacial score (nSPS) is 20.2. The van der Waals surface area contributed by atoms with Crippen molar-refractivity contribution >= 4 is 15.9 Å². The van der Waals surface area contributed by atoms with Crippen LogP contribution in [0.15, 0.2) is 28.7 Å². The van der Waals surface area contributed by atoms with Gasteiger partial charge in [0.05, 0.1) is 0 Å². The summed E-state index contributed by atoms with van der Waals surface area (Å²) in [5, 5.41) is 6.86. The van der Waals surface area contributed by atoms with E-state index in [2.05, 4.69) is 69.7 Å². The fourth-order valence-electron chi connectivity index (χ4n) is 2.73. The number of piperazine rings is 1. The first kappa shape index (κ1) is 15.0. The first-order valence-corrected chi connectivity index (χ1v) is 7.87. The summed E-state index contributed by atoms with van der Waals surface area (Å²) in [6, 6.07) is 9.69. The second kappa shape index (κ2) is 7.39. The largest absolute Gasteiger partial charge is 0.314 e. The minimum absolute atomic E-state index is 0.429. The lowest BCUT2D eigenvalue weighted by atomic mass is 9.99. The number of nitrogens with one attached hydrogen (secondary N) is 2. The molecule has 0 aromatic heterocycles. The molecule has 0 radical (unpaired) electrons. The lowest BCUT2D eigenvalue weighted by Crippen LogP contribution is -2.48. The van der Waals surface area contributed by atoms with Gasteiger partial charge in [0.15, 0.2) is 0 Å². The molecule has 19 heavy (non-hydrogen) atoms. The Hall–Kier alpha value is -0.420. The molecule has 2 rings (SSSR count). The Morgan fingerprint density at radius 2 is 1.89 bits per heavy atom. The molecular weight excluding hydrogens is 302 g/mol. The first-order valence-electron chi connectivity index (χ1n) is 7.08. The summed E-state index contributed by atoms with van der Waals surface area (Å²) in [7, 11) is 2.05. The molecule has 2 unspecified atom stereocenters. The zero-order valence-electron chi connectivity index (χ0n) is 11.8. The molecule has 0 saturated carbocycles. The number of hydrogen-bond donors (Lipinski definition) is 2. The third-order valence-corrected chi connectivity index (χ3v) is 4.50. The first-order chi connectivity index (χ1) is 9.20. The third kappa shape index (κ3) is 4.28. The zero-order chi connectivity index (χ0) is 13.7. The predicted molar refractivity (Wildman–Crippen MR) is 84.5 cm³/mol. The van der Waals surface area contributed by atoms with Crippen LogP contribution in [0.1, 0.15) is 24.9 Å². The maximum absolute atomic E-state index is 3.49. The van der Waals surface area contributed by atoms with E-state index in [0.29, 0.717) is 12.1 Å². The highest BCUT2D eigenvalue weighted by Crippen LogP contribution is 2.22. The van der Waals surface area contributed by atoms with E-state index in [1.54, 1.807) is 0 Å². The second-order valence-electron chi connectivity index (χ2n) is 5.26. The number of halogens is 1. The summed E-state index contributed by atoms with van der Waals surface area (Å²) in [5.41, 5.74) is 1.37. The van der Waals surface area contributed by atoms with Crippen LogP contribution in [0.3, 0.4) is 0 Å². The van der Waals surface area contributed by atoms with Crippen molar-refractivity contribution in [3.8, 4) is 0 Å². The predicted octanol–water partition coefficient (Wildman–Crippen LogP) is 2.39. The maximum atomic E-state index is 3.49. The maximum Gasteiger partial charge on any atom is 0.0332 e. The molecule has 1 saturated heterocycles. The van der Waals surface area contributed by atoms with Crippen molar-refractivity contribution in [2.24, 2.45) is 0 Å². The molecule has 1 aromatic rings. The van der Waals surface area contributed by atoms with Crippen molar-refractivity contribution in [2.45, 2.75) is 25.4 Å². The number of nitrogens with zero attached hydrogens (tertiary/aromatic N) is 1. The number of hydrogen-bond acceptors (Lipinski definition) is 3. The van der Waals surface area contributed by atoms with E-state index in [1.807, 2.05) is 0 Å². The molecule has 0 spiro atoms. The minimum atomic E-state index is 0.429. The summed E-state index contributed by atoms with van der Waals surface area (Å²) in [4.78, 5) is 2.58. The Labute approximate surface area is 124 Å². The Morgan fingerprint density at radius 1 is 1.26 bits per heavy atom. The van der Waals surface area contributed by atoms with Crippen LogP contribution < -0.4 is 10.6 Å². The molecule has 1 heterocycles. The quantitative estimate of drug-likeness (QED) is 0.870. The van der Waals surface area contributed by atoms with Gasteiger partial charge in [0.1, 0.15) is 0 Å². The second-order valence-corrected chi connectivity index (χ2v) is 6.18. The van der Waals surface area contributed by atoms with Crippen molar-refractivity contribution in [1.82, 2.24) is 15.5 Å². The molecule has 0 bridgehead atoms. The molecule has 2 atom stereocenters. The Balaban J connectivity index is 1.96. The van der Waals surface area contributed by atoms with Crippen LogP contribution in [0.5, 0.6) is 0 Å². The van der Waals surface area contributed by atoms with Gasteiger partial charge in [0, 0.05) is 42.7 Å². The van der Waals surface area contributed by atoms with Crippen molar-refractivity contribution in [3.63, 3.8) is 0 Å². The summed E-state index contributed by atoms with van der Waals surface area (Å²) in [6.45, 7) is 6.91. The molecule has 4 heteroatoms. The van der Waals surface area contributed by atoms with Crippen molar-refractivity contribution < 1.29 is 0 Å². The molecule has 2 N–H and O–H groups in total. The molecule has 1 aromatic carbocycles. The van der Waals surface area contributed by atoms with Crippen molar-refractivity contribution in [3.05, 3.63) is 34.3 Å². The smallest absolute Gasteiger partial charge is 0.0332 e. The molecule has 0 aliphatic carbocycles. The van der Waals surface area contributed by atoms with Crippen molar-refractivity contribution in [2.75, 3.05) is 33.2 Å². The van der Waals surface area contributed by atoms with E-state index in [4.69, 9.17) is 0 Å². The van der Waals surface area contributed by atoms with Crippen LogP contribution in [0.4, 0.5) is 0 Å². The third-order valence-electron chi connectivity index (χ3n) is 3.97. The minimum Gasteiger partial charge on any atom is -0.314 e. The van der Waals surface area contributed by atoms with Gasteiger partial charge in [0.25, 0.3) is 0 Å². The van der Waals surface area contributed by atoms with Crippen LogP contribution in [0.25, 0.3) is 0 Å². The molecule has 3 nitrogen and oxygen atoms in total. The monoisotopic (exact) mass is 325 g/mol. The molecule has 1 aliphatic rings. The average Bonchev–Trinajstić information content (AvgIpc) is 2.46. The molecule has 1 aliphatic heterocycles. The highest BCUT2D eigenvalue weighted by Gasteiger charge is 2.20. The van der Waals surface area contributed by atoms with Crippen molar-refractivity contribution in [1.29, 1.82) is 0 Å². The van der Waals surface area contributed by atoms with E-state index < -0.39 is 0 Å². The standard InChI is InChI=1S/C15H24BrN3/c1-12(19-9-7-18-8-10-19)11-15(17-2)13-3-5-14(16)6-4-13/h3-6,12,15,17-18H,7-11H2,1-2H3. The summed E-state index contributed by atoms with van der Waals surface area (Å²) >= 11 is 3.49. The number of rotatable bonds is 5. The SMILES string of the molecule is CNC(CC(C)N1CCNCC1)c1ccc(Br)cc1. The van der Waals surface area contributed by atoms with Gasteiger partial charge in [-0.3, -0.25) is 4.90 Å². The summed E-state index contributed by atoms with van der Waals surface area (Å²) in [6.07, 6.45) is 1.15. The summed E-state index contributed by atoms with van der Waals surface area (Å²) < 4.78 is 1.14. The van der Waals surface area contributed by atoms with Gasteiger partial charge < -0.3 is 10.6 Å². The Kier molecular flexibility index (Phi) is 5.82. The van der Waals surface area contributed by atoms with Crippen LogP contribution in [0.2, 0.25) is 0 Å². The van der Waals surface area contributed by atoms with E-state index in [9.17, 15) is 0 Å². The van der Waals surface area contributed by atoms with Gasteiger partial charge in [-0.05, 0) is 38.1 Å². The van der Waals surface area contributed by atoms with Gasteiger partial charge in [-0.15, -0.1) is 0 Å². The fourth-order valence-corrected chi connectivity index (χ4v) is 2.99. The zero-order valence-corrected chi connectivity index (χ0v) is 13.4. The average molecular weight is 326 g/mol. The topological polar surface area (TPSA) is 27.3 Å². The van der Waals surface area contributed by atoms with Crippen LogP contribution in [0, 0.1) is 0 Å². The highest BCUT2D eigenvalue weighted by atomic mass is 79.9. The summed E-state index contributed by atoms with van der Waals surface area (Å²) in [5.74, 6) is 0. The van der Waals surface area contributed by atoms with Crippen LogP contribution in [-0.4, -0.2) is 44.2 Å². The van der Waals surface area contributed by atoms with Gasteiger partial charge in [-0.1, -0.05) is 28.1 Å². The highest BCUT2D eigenvalue weighted by molar-refractivity contribution is 9.10. The molecule has 0 amide bonds. The van der Waals surface area contributed by atoms with E-state index >= 15 is 0 Å². The fraction of sp³-hybridized carbons (Fsp3) is 0.600. The Morgan fingerprint density at radius 3 is 2.47 bits per heavy atom.